The molecule has 24 heavy (non-hydrogen) atoms. The largest absolute Gasteiger partial charge is 0.481 e. The summed E-state index contributed by atoms with van der Waals surface area (Å²) in [5.41, 5.74) is 11.3. The Bertz CT molecular complexity index is 316. The lowest BCUT2D eigenvalue weighted by molar-refractivity contribution is -0.138. The van der Waals surface area contributed by atoms with Gasteiger partial charge in [-0.25, -0.2) is 0 Å². The van der Waals surface area contributed by atoms with Gasteiger partial charge >= 0.3 is 11.9 Å². The van der Waals surface area contributed by atoms with Crippen molar-refractivity contribution in [1.82, 2.24) is 0 Å². The number of unbranched alkanes of at least 4 members (excludes halogenated alkanes) is 5. The maximum absolute atomic E-state index is 10.1. The van der Waals surface area contributed by atoms with Gasteiger partial charge in [-0.05, 0) is 25.7 Å². The molecule has 0 unspecified atom stereocenters. The highest BCUT2D eigenvalue weighted by Gasteiger charge is 2.18. The van der Waals surface area contributed by atoms with Crippen molar-refractivity contribution < 1.29 is 19.8 Å². The van der Waals surface area contributed by atoms with Gasteiger partial charge < -0.3 is 21.7 Å². The molecule has 1 aliphatic rings. The third-order valence-corrected chi connectivity index (χ3v) is 4.32. The van der Waals surface area contributed by atoms with Crippen molar-refractivity contribution in [2.45, 2.75) is 102 Å². The van der Waals surface area contributed by atoms with Crippen LogP contribution in [0.3, 0.4) is 0 Å². The zero-order valence-electron chi connectivity index (χ0n) is 15.0. The topological polar surface area (TPSA) is 127 Å². The number of carboxylic acids is 2. The van der Waals surface area contributed by atoms with E-state index >= 15 is 0 Å². The lowest BCUT2D eigenvalue weighted by Gasteiger charge is -2.26. The Morgan fingerprint density at radius 2 is 1.00 bits per heavy atom. The second-order valence-electron chi connectivity index (χ2n) is 6.91. The Morgan fingerprint density at radius 3 is 1.38 bits per heavy atom. The first-order valence-electron chi connectivity index (χ1n) is 9.35. The Labute approximate surface area is 146 Å². The third kappa shape index (κ3) is 17.2. The van der Waals surface area contributed by atoms with E-state index in [0.717, 1.165) is 51.4 Å². The predicted molar refractivity (Wildman–Crippen MR) is 95.6 cm³/mol. The minimum absolute atomic E-state index is 0.245. The molecule has 0 radical (unpaired) electrons. The fourth-order valence-corrected chi connectivity index (χ4v) is 2.82. The van der Waals surface area contributed by atoms with Crippen molar-refractivity contribution in [3.8, 4) is 0 Å². The maximum Gasteiger partial charge on any atom is 0.303 e. The van der Waals surface area contributed by atoms with Gasteiger partial charge in [0.15, 0.2) is 0 Å². The molecule has 0 spiro atoms. The van der Waals surface area contributed by atoms with E-state index in [1.807, 2.05) is 0 Å². The van der Waals surface area contributed by atoms with Crippen molar-refractivity contribution in [3.05, 3.63) is 0 Å². The van der Waals surface area contributed by atoms with E-state index in [1.165, 1.54) is 32.1 Å². The smallest absolute Gasteiger partial charge is 0.303 e. The van der Waals surface area contributed by atoms with Crippen molar-refractivity contribution in [1.29, 1.82) is 0 Å². The molecule has 0 atom stereocenters. The van der Waals surface area contributed by atoms with Crippen LogP contribution in [0.2, 0.25) is 0 Å². The highest BCUT2D eigenvalue weighted by atomic mass is 16.4. The predicted octanol–water partition coefficient (Wildman–Crippen LogP) is 3.62. The standard InChI is InChI=1S/C10H18O4.C8H18N2/c11-9(12)7-5-3-1-2-4-6-8-10(13)14;9-8(10)6-4-2-1-3-5-7-8/h1-8H2,(H,11,12)(H,13,14);1-7,9-10H2. The first kappa shape index (κ1) is 22.9. The molecule has 1 fully saturated rings. The lowest BCUT2D eigenvalue weighted by atomic mass is 9.93. The molecule has 0 aromatic rings. The normalized spacial score (nSPS) is 17.1. The summed E-state index contributed by atoms with van der Waals surface area (Å²) in [6.07, 6.45) is 14.3. The summed E-state index contributed by atoms with van der Waals surface area (Å²) in [5.74, 6) is -1.48. The zero-order valence-corrected chi connectivity index (χ0v) is 15.0. The van der Waals surface area contributed by atoms with Crippen LogP contribution in [0.15, 0.2) is 0 Å². The van der Waals surface area contributed by atoms with Gasteiger partial charge in [0.05, 0.1) is 5.66 Å². The molecule has 1 rings (SSSR count). The SMILES string of the molecule is NC1(N)CCCCCCC1.O=C(O)CCCCCCCCC(=O)O. The molecule has 6 heteroatoms. The fourth-order valence-electron chi connectivity index (χ4n) is 2.82. The minimum atomic E-state index is -0.740. The van der Waals surface area contributed by atoms with Crippen LogP contribution in [0.4, 0.5) is 0 Å². The molecule has 0 saturated heterocycles. The molecule has 6 N–H and O–H groups in total. The summed E-state index contributed by atoms with van der Waals surface area (Å²) < 4.78 is 0. The first-order chi connectivity index (χ1) is 11.3. The number of nitrogens with two attached hydrogens (primary N) is 2. The fraction of sp³-hybridized carbons (Fsp3) is 0.889. The van der Waals surface area contributed by atoms with Gasteiger partial charge in [-0.3, -0.25) is 9.59 Å². The Kier molecular flexibility index (Phi) is 13.5. The van der Waals surface area contributed by atoms with Gasteiger partial charge in [0.2, 0.25) is 0 Å². The van der Waals surface area contributed by atoms with E-state index in [0.29, 0.717) is 0 Å². The highest BCUT2D eigenvalue weighted by molar-refractivity contribution is 5.66. The summed E-state index contributed by atoms with van der Waals surface area (Å²) in [6.45, 7) is 0. The average Bonchev–Trinajstić information content (AvgIpc) is 2.46. The van der Waals surface area contributed by atoms with Crippen LogP contribution >= 0.6 is 0 Å². The van der Waals surface area contributed by atoms with Crippen molar-refractivity contribution in [2.24, 2.45) is 11.5 Å². The van der Waals surface area contributed by atoms with E-state index in [2.05, 4.69) is 0 Å². The summed E-state index contributed by atoms with van der Waals surface area (Å²) in [4.78, 5) is 20.3. The Hall–Kier alpha value is -1.14. The van der Waals surface area contributed by atoms with Crippen LogP contribution in [-0.4, -0.2) is 27.8 Å². The third-order valence-electron chi connectivity index (χ3n) is 4.32. The van der Waals surface area contributed by atoms with Crippen molar-refractivity contribution in [3.63, 3.8) is 0 Å². The van der Waals surface area contributed by atoms with E-state index in [-0.39, 0.29) is 18.5 Å². The molecule has 0 aromatic carbocycles. The first-order valence-corrected chi connectivity index (χ1v) is 9.35. The summed E-state index contributed by atoms with van der Waals surface area (Å²) >= 11 is 0. The van der Waals surface area contributed by atoms with Crippen LogP contribution in [0.25, 0.3) is 0 Å². The Balaban J connectivity index is 0.000000463. The molecule has 0 amide bonds. The minimum Gasteiger partial charge on any atom is -0.481 e. The molecule has 0 aromatic heterocycles. The van der Waals surface area contributed by atoms with Gasteiger partial charge in [-0.2, -0.15) is 0 Å². The van der Waals surface area contributed by atoms with Gasteiger partial charge in [-0.15, -0.1) is 0 Å². The molecular formula is C18H36N2O4. The van der Waals surface area contributed by atoms with Crippen molar-refractivity contribution in [2.75, 3.05) is 0 Å². The number of hydrogen-bond donors (Lipinski definition) is 4. The van der Waals surface area contributed by atoms with Gasteiger partial charge in [0.25, 0.3) is 0 Å². The molecule has 0 heterocycles. The Morgan fingerprint density at radius 1 is 0.667 bits per heavy atom. The molecule has 142 valence electrons. The number of hydrogen-bond acceptors (Lipinski definition) is 4. The van der Waals surface area contributed by atoms with Crippen LogP contribution < -0.4 is 11.5 Å². The van der Waals surface area contributed by atoms with E-state index in [1.54, 1.807) is 0 Å². The van der Waals surface area contributed by atoms with Crippen LogP contribution in [0.1, 0.15) is 96.3 Å². The molecule has 6 nitrogen and oxygen atoms in total. The lowest BCUT2D eigenvalue weighted by Crippen LogP contribution is -2.49. The van der Waals surface area contributed by atoms with Gasteiger partial charge in [-0.1, -0.05) is 57.8 Å². The zero-order chi connectivity index (χ0) is 18.3. The molecule has 1 aliphatic carbocycles. The highest BCUT2D eigenvalue weighted by Crippen LogP contribution is 2.19. The van der Waals surface area contributed by atoms with Crippen LogP contribution in [0.5, 0.6) is 0 Å². The maximum atomic E-state index is 10.1. The number of carbonyl (C=O) groups is 2. The molecule has 1 saturated carbocycles. The van der Waals surface area contributed by atoms with Crippen molar-refractivity contribution >= 4 is 11.9 Å². The monoisotopic (exact) mass is 344 g/mol. The summed E-state index contributed by atoms with van der Waals surface area (Å²) in [5, 5.41) is 16.7. The number of carboxylic acid groups (broad SMARTS) is 2. The quantitative estimate of drug-likeness (QED) is 0.374. The van der Waals surface area contributed by atoms with Crippen LogP contribution in [0, 0.1) is 0 Å². The second-order valence-corrected chi connectivity index (χ2v) is 6.91. The second kappa shape index (κ2) is 14.2. The number of aliphatic carboxylic acids is 2. The summed E-state index contributed by atoms with van der Waals surface area (Å²) in [6, 6.07) is 0. The molecule has 0 aliphatic heterocycles. The molecular weight excluding hydrogens is 308 g/mol. The average molecular weight is 344 g/mol. The van der Waals surface area contributed by atoms with Gasteiger partial charge in [0.1, 0.15) is 0 Å². The number of rotatable bonds is 9. The van der Waals surface area contributed by atoms with E-state index in [9.17, 15) is 9.59 Å². The van der Waals surface area contributed by atoms with Crippen LogP contribution in [-0.2, 0) is 9.59 Å². The van der Waals surface area contributed by atoms with E-state index in [4.69, 9.17) is 21.7 Å². The summed E-state index contributed by atoms with van der Waals surface area (Å²) in [7, 11) is 0. The van der Waals surface area contributed by atoms with Gasteiger partial charge in [0, 0.05) is 12.8 Å². The van der Waals surface area contributed by atoms with E-state index < -0.39 is 11.9 Å². The molecule has 0 bridgehead atoms.